The second kappa shape index (κ2) is 6.38. The van der Waals surface area contributed by atoms with Crippen LogP contribution in [0.5, 0.6) is 0 Å². The van der Waals surface area contributed by atoms with Gasteiger partial charge in [0.05, 0.1) is 19.3 Å². The monoisotopic (exact) mass is 201 g/mol. The lowest BCUT2D eigenvalue weighted by molar-refractivity contribution is -0.00121. The van der Waals surface area contributed by atoms with Crippen molar-refractivity contribution in [1.82, 2.24) is 4.90 Å². The average Bonchev–Trinajstić information content (AvgIpc) is 2.15. The van der Waals surface area contributed by atoms with E-state index in [-0.39, 0.29) is 6.10 Å². The van der Waals surface area contributed by atoms with Crippen molar-refractivity contribution in [3.05, 3.63) is 0 Å². The van der Waals surface area contributed by atoms with E-state index in [9.17, 15) is 0 Å². The van der Waals surface area contributed by atoms with Crippen molar-refractivity contribution in [2.24, 2.45) is 0 Å². The maximum absolute atomic E-state index is 9.11. The lowest BCUT2D eigenvalue weighted by atomic mass is 10.1. The Morgan fingerprint density at radius 3 is 2.93 bits per heavy atom. The van der Waals surface area contributed by atoms with Gasteiger partial charge in [0, 0.05) is 12.6 Å². The van der Waals surface area contributed by atoms with Gasteiger partial charge in [0.2, 0.25) is 0 Å². The Kier molecular flexibility index (Phi) is 5.45. The van der Waals surface area contributed by atoms with Gasteiger partial charge in [-0.25, -0.2) is 0 Å². The minimum atomic E-state index is -0.142. The van der Waals surface area contributed by atoms with Crippen molar-refractivity contribution in [3.63, 3.8) is 0 Å². The van der Waals surface area contributed by atoms with Crippen LogP contribution in [-0.2, 0) is 4.74 Å². The zero-order chi connectivity index (χ0) is 10.4. The number of rotatable bonds is 5. The molecule has 0 aromatic rings. The number of hydrogen-bond acceptors (Lipinski definition) is 3. The van der Waals surface area contributed by atoms with Crippen LogP contribution in [0.3, 0.4) is 0 Å². The number of nitrogens with zero attached hydrogens (tertiary/aromatic N) is 1. The Bertz CT molecular complexity index is 150. The van der Waals surface area contributed by atoms with Crippen molar-refractivity contribution in [2.45, 2.75) is 45.3 Å². The molecule has 1 fully saturated rings. The highest BCUT2D eigenvalue weighted by Gasteiger charge is 2.17. The average molecular weight is 201 g/mol. The molecule has 1 saturated heterocycles. The Labute approximate surface area is 87.1 Å². The molecule has 2 unspecified atom stereocenters. The van der Waals surface area contributed by atoms with Gasteiger partial charge >= 0.3 is 0 Å². The van der Waals surface area contributed by atoms with Gasteiger partial charge in [-0.15, -0.1) is 0 Å². The minimum Gasteiger partial charge on any atom is -0.393 e. The first-order chi connectivity index (χ1) is 6.70. The molecule has 2 atom stereocenters. The lowest BCUT2D eigenvalue weighted by Crippen LogP contribution is -2.43. The smallest absolute Gasteiger partial charge is 0.0619 e. The summed E-state index contributed by atoms with van der Waals surface area (Å²) in [6.45, 7) is 8.04. The molecular weight excluding hydrogens is 178 g/mol. The second-order valence-electron chi connectivity index (χ2n) is 4.30. The Morgan fingerprint density at radius 2 is 2.29 bits per heavy atom. The molecule has 0 aromatic carbocycles. The van der Waals surface area contributed by atoms with Crippen molar-refractivity contribution in [3.8, 4) is 0 Å². The Morgan fingerprint density at radius 1 is 1.50 bits per heavy atom. The summed E-state index contributed by atoms with van der Waals surface area (Å²) in [5, 5.41) is 9.11. The molecule has 3 nitrogen and oxygen atoms in total. The highest BCUT2D eigenvalue weighted by Crippen LogP contribution is 2.08. The van der Waals surface area contributed by atoms with Crippen molar-refractivity contribution in [1.29, 1.82) is 0 Å². The molecular formula is C11H23NO2. The van der Waals surface area contributed by atoms with Crippen molar-refractivity contribution in [2.75, 3.05) is 26.3 Å². The fourth-order valence-corrected chi connectivity index (χ4v) is 1.85. The highest BCUT2D eigenvalue weighted by atomic mass is 16.5. The van der Waals surface area contributed by atoms with Gasteiger partial charge in [-0.05, 0) is 39.7 Å². The molecule has 1 aliphatic rings. The standard InChI is InChI=1S/C11H23NO2/c1-10-9-14-8-7-12(10)6-4-3-5-11(2)13/h10-11,13H,3-9H2,1-2H3. The van der Waals surface area contributed by atoms with Crippen LogP contribution in [0.4, 0.5) is 0 Å². The lowest BCUT2D eigenvalue weighted by Gasteiger charge is -2.33. The number of unbranched alkanes of at least 4 members (excludes halogenated alkanes) is 1. The molecule has 1 aliphatic heterocycles. The van der Waals surface area contributed by atoms with Crippen LogP contribution >= 0.6 is 0 Å². The van der Waals surface area contributed by atoms with E-state index in [4.69, 9.17) is 9.84 Å². The van der Waals surface area contributed by atoms with Crippen LogP contribution in [0.1, 0.15) is 33.1 Å². The molecule has 0 aromatic heterocycles. The van der Waals surface area contributed by atoms with Gasteiger partial charge < -0.3 is 9.84 Å². The maximum Gasteiger partial charge on any atom is 0.0619 e. The summed E-state index contributed by atoms with van der Waals surface area (Å²) in [5.41, 5.74) is 0. The van der Waals surface area contributed by atoms with E-state index >= 15 is 0 Å². The molecule has 0 bridgehead atoms. The third-order valence-corrected chi connectivity index (χ3v) is 2.82. The number of hydrogen-bond donors (Lipinski definition) is 1. The normalized spacial score (nSPS) is 26.4. The summed E-state index contributed by atoms with van der Waals surface area (Å²) in [7, 11) is 0. The van der Waals surface area contributed by atoms with Gasteiger partial charge in [-0.1, -0.05) is 0 Å². The Balaban J connectivity index is 2.04. The summed E-state index contributed by atoms with van der Waals surface area (Å²) in [6.07, 6.45) is 3.10. The van der Waals surface area contributed by atoms with Crippen molar-refractivity contribution < 1.29 is 9.84 Å². The van der Waals surface area contributed by atoms with Gasteiger partial charge in [-0.3, -0.25) is 4.90 Å². The largest absolute Gasteiger partial charge is 0.393 e. The number of morpholine rings is 1. The van der Waals surface area contributed by atoms with Gasteiger partial charge in [0.1, 0.15) is 0 Å². The van der Waals surface area contributed by atoms with E-state index in [1.807, 2.05) is 6.92 Å². The Hall–Kier alpha value is -0.120. The van der Waals surface area contributed by atoms with Crippen LogP contribution in [0.15, 0.2) is 0 Å². The second-order valence-corrected chi connectivity index (χ2v) is 4.30. The molecule has 84 valence electrons. The molecule has 3 heteroatoms. The van der Waals surface area contributed by atoms with E-state index in [0.717, 1.165) is 39.1 Å². The van der Waals surface area contributed by atoms with E-state index < -0.39 is 0 Å². The van der Waals surface area contributed by atoms with E-state index in [2.05, 4.69) is 11.8 Å². The SMILES string of the molecule is CC(O)CCCCN1CCOCC1C. The summed E-state index contributed by atoms with van der Waals surface area (Å²) in [6, 6.07) is 0.565. The topological polar surface area (TPSA) is 32.7 Å². The van der Waals surface area contributed by atoms with Crippen LogP contribution in [0.25, 0.3) is 0 Å². The molecule has 1 N–H and O–H groups in total. The van der Waals surface area contributed by atoms with Crippen LogP contribution in [0, 0.1) is 0 Å². The summed E-state index contributed by atoms with van der Waals surface area (Å²) < 4.78 is 5.37. The van der Waals surface area contributed by atoms with Gasteiger partial charge in [0.25, 0.3) is 0 Å². The predicted octanol–water partition coefficient (Wildman–Crippen LogP) is 1.26. The number of aliphatic hydroxyl groups excluding tert-OH is 1. The number of ether oxygens (including phenoxy) is 1. The first-order valence-corrected chi connectivity index (χ1v) is 5.70. The van der Waals surface area contributed by atoms with E-state index in [0.29, 0.717) is 6.04 Å². The highest BCUT2D eigenvalue weighted by molar-refractivity contribution is 4.70. The quantitative estimate of drug-likeness (QED) is 0.680. The number of aliphatic hydroxyl groups is 1. The third-order valence-electron chi connectivity index (χ3n) is 2.82. The molecule has 1 heterocycles. The summed E-state index contributed by atoms with van der Waals surface area (Å²) >= 11 is 0. The van der Waals surface area contributed by atoms with Crippen LogP contribution in [-0.4, -0.2) is 48.5 Å². The van der Waals surface area contributed by atoms with E-state index in [1.165, 1.54) is 6.42 Å². The van der Waals surface area contributed by atoms with Crippen molar-refractivity contribution >= 4 is 0 Å². The molecule has 14 heavy (non-hydrogen) atoms. The fraction of sp³-hybridized carbons (Fsp3) is 1.00. The third kappa shape index (κ3) is 4.40. The molecule has 0 saturated carbocycles. The summed E-state index contributed by atoms with van der Waals surface area (Å²) in [5.74, 6) is 0. The minimum absolute atomic E-state index is 0.142. The van der Waals surface area contributed by atoms with E-state index in [1.54, 1.807) is 0 Å². The predicted molar refractivity (Wildman–Crippen MR) is 57.4 cm³/mol. The maximum atomic E-state index is 9.11. The van der Waals surface area contributed by atoms with Crippen LogP contribution < -0.4 is 0 Å². The zero-order valence-electron chi connectivity index (χ0n) is 9.41. The van der Waals surface area contributed by atoms with Gasteiger partial charge in [0.15, 0.2) is 0 Å². The zero-order valence-corrected chi connectivity index (χ0v) is 9.41. The molecule has 1 rings (SSSR count). The van der Waals surface area contributed by atoms with Gasteiger partial charge in [-0.2, -0.15) is 0 Å². The first-order valence-electron chi connectivity index (χ1n) is 5.70. The van der Waals surface area contributed by atoms with Crippen LogP contribution in [0.2, 0.25) is 0 Å². The summed E-state index contributed by atoms with van der Waals surface area (Å²) in [4.78, 5) is 2.48. The molecule has 0 amide bonds. The fourth-order valence-electron chi connectivity index (χ4n) is 1.85. The first kappa shape index (κ1) is 12.0. The molecule has 0 spiro atoms. The molecule has 0 aliphatic carbocycles. The molecule has 0 radical (unpaired) electrons.